The van der Waals surface area contributed by atoms with Gasteiger partial charge in [-0.15, -0.1) is 0 Å². The molecule has 0 aromatic heterocycles. The summed E-state index contributed by atoms with van der Waals surface area (Å²) in [5.74, 6) is 0.645. The Morgan fingerprint density at radius 3 is 2.58 bits per heavy atom. The van der Waals surface area contributed by atoms with Crippen molar-refractivity contribution in [1.29, 1.82) is 0 Å². The molecular formula is C14H13NO4. The Labute approximate surface area is 110 Å². The molecule has 5 nitrogen and oxygen atoms in total. The van der Waals surface area contributed by atoms with E-state index in [2.05, 4.69) is 0 Å². The summed E-state index contributed by atoms with van der Waals surface area (Å²) >= 11 is 0. The quantitative estimate of drug-likeness (QED) is 0.661. The van der Waals surface area contributed by atoms with Crippen LogP contribution in [0.1, 0.15) is 11.7 Å². The molecule has 1 unspecified atom stereocenters. The topological polar surface area (TPSA) is 72.6 Å². The maximum absolute atomic E-state index is 10.6. The predicted octanol–water partition coefficient (Wildman–Crippen LogP) is 2.71. The zero-order valence-corrected chi connectivity index (χ0v) is 10.1. The van der Waals surface area contributed by atoms with Gasteiger partial charge in [0.25, 0.3) is 5.69 Å². The van der Waals surface area contributed by atoms with Gasteiger partial charge in [0, 0.05) is 12.1 Å². The van der Waals surface area contributed by atoms with Gasteiger partial charge in [-0.3, -0.25) is 10.1 Å². The maximum Gasteiger partial charge on any atom is 0.269 e. The van der Waals surface area contributed by atoms with Crippen LogP contribution >= 0.6 is 0 Å². The van der Waals surface area contributed by atoms with Crippen molar-refractivity contribution in [2.24, 2.45) is 0 Å². The fourth-order valence-electron chi connectivity index (χ4n) is 1.63. The molecule has 0 aliphatic heterocycles. The van der Waals surface area contributed by atoms with Crippen LogP contribution in [0.4, 0.5) is 5.69 Å². The summed E-state index contributed by atoms with van der Waals surface area (Å²) in [4.78, 5) is 10.2. The van der Waals surface area contributed by atoms with Crippen molar-refractivity contribution in [2.45, 2.75) is 6.10 Å². The molecule has 0 amide bonds. The molecule has 2 aromatic rings. The molecule has 0 fully saturated rings. The first-order valence-corrected chi connectivity index (χ1v) is 5.77. The van der Waals surface area contributed by atoms with Gasteiger partial charge in [0.05, 0.1) is 4.92 Å². The van der Waals surface area contributed by atoms with Gasteiger partial charge in [0.2, 0.25) is 0 Å². The Balaban J connectivity index is 2.02. The molecular weight excluding hydrogens is 246 g/mol. The van der Waals surface area contributed by atoms with E-state index in [-0.39, 0.29) is 12.3 Å². The summed E-state index contributed by atoms with van der Waals surface area (Å²) < 4.78 is 5.40. The molecule has 5 heteroatoms. The molecule has 0 aliphatic rings. The number of nitro groups is 1. The summed E-state index contributed by atoms with van der Waals surface area (Å²) in [5, 5.41) is 20.6. The second-order valence-corrected chi connectivity index (χ2v) is 3.99. The summed E-state index contributed by atoms with van der Waals surface area (Å²) in [5.41, 5.74) is 0.418. The lowest BCUT2D eigenvalue weighted by molar-refractivity contribution is -0.385. The first kappa shape index (κ1) is 13.0. The van der Waals surface area contributed by atoms with Crippen molar-refractivity contribution in [2.75, 3.05) is 6.61 Å². The Hall–Kier alpha value is -2.40. The van der Waals surface area contributed by atoms with Crippen LogP contribution in [0.3, 0.4) is 0 Å². The third kappa shape index (κ3) is 3.53. The highest BCUT2D eigenvalue weighted by atomic mass is 16.6. The van der Waals surface area contributed by atoms with E-state index in [0.29, 0.717) is 11.3 Å². The zero-order valence-electron chi connectivity index (χ0n) is 10.1. The molecule has 0 saturated carbocycles. The molecule has 2 rings (SSSR count). The lowest BCUT2D eigenvalue weighted by Crippen LogP contribution is -2.09. The van der Waals surface area contributed by atoms with E-state index in [1.54, 1.807) is 24.3 Å². The third-order valence-electron chi connectivity index (χ3n) is 2.62. The van der Waals surface area contributed by atoms with Crippen molar-refractivity contribution in [3.05, 3.63) is 70.3 Å². The van der Waals surface area contributed by atoms with Crippen molar-refractivity contribution < 1.29 is 14.8 Å². The van der Waals surface area contributed by atoms with Crippen molar-refractivity contribution in [3.8, 4) is 5.75 Å². The molecule has 1 N–H and O–H groups in total. The molecule has 0 spiro atoms. The number of nitro benzene ring substituents is 1. The number of para-hydroxylation sites is 1. The van der Waals surface area contributed by atoms with Gasteiger partial charge in [-0.2, -0.15) is 0 Å². The normalized spacial score (nSPS) is 11.8. The van der Waals surface area contributed by atoms with E-state index in [9.17, 15) is 15.2 Å². The van der Waals surface area contributed by atoms with Crippen LogP contribution in [-0.4, -0.2) is 16.6 Å². The lowest BCUT2D eigenvalue weighted by atomic mass is 10.1. The highest BCUT2D eigenvalue weighted by Crippen LogP contribution is 2.20. The molecule has 1 atom stereocenters. The highest BCUT2D eigenvalue weighted by molar-refractivity contribution is 5.35. The number of benzene rings is 2. The highest BCUT2D eigenvalue weighted by Gasteiger charge is 2.12. The van der Waals surface area contributed by atoms with E-state index >= 15 is 0 Å². The number of rotatable bonds is 5. The molecule has 2 aromatic carbocycles. The van der Waals surface area contributed by atoms with E-state index in [4.69, 9.17) is 4.74 Å². The van der Waals surface area contributed by atoms with Crippen LogP contribution in [0.15, 0.2) is 54.6 Å². The molecule has 0 radical (unpaired) electrons. The standard InChI is InChI=1S/C14H13NO4/c16-14(10-19-13-7-2-1-3-8-13)11-5-4-6-12(9-11)15(17)18/h1-9,14,16H,10H2. The largest absolute Gasteiger partial charge is 0.491 e. The van der Waals surface area contributed by atoms with Crippen LogP contribution in [0, 0.1) is 10.1 Å². The number of ether oxygens (including phenoxy) is 1. The van der Waals surface area contributed by atoms with Gasteiger partial charge in [0.15, 0.2) is 0 Å². The summed E-state index contributed by atoms with van der Waals surface area (Å²) in [6.07, 6.45) is -0.903. The smallest absolute Gasteiger partial charge is 0.269 e. The lowest BCUT2D eigenvalue weighted by Gasteiger charge is -2.12. The van der Waals surface area contributed by atoms with Crippen LogP contribution < -0.4 is 4.74 Å². The molecule has 19 heavy (non-hydrogen) atoms. The first-order chi connectivity index (χ1) is 9.16. The summed E-state index contributed by atoms with van der Waals surface area (Å²) in [6, 6.07) is 15.0. The fraction of sp³-hybridized carbons (Fsp3) is 0.143. The minimum Gasteiger partial charge on any atom is -0.491 e. The monoisotopic (exact) mass is 259 g/mol. The van der Waals surface area contributed by atoms with Crippen LogP contribution in [0.5, 0.6) is 5.75 Å². The number of hydrogen-bond donors (Lipinski definition) is 1. The Bertz CT molecular complexity index is 556. The van der Waals surface area contributed by atoms with Gasteiger partial charge in [-0.25, -0.2) is 0 Å². The predicted molar refractivity (Wildman–Crippen MR) is 70.0 cm³/mol. The Morgan fingerprint density at radius 2 is 1.89 bits per heavy atom. The molecule has 0 heterocycles. The van der Waals surface area contributed by atoms with E-state index in [1.165, 1.54) is 12.1 Å². The van der Waals surface area contributed by atoms with Gasteiger partial charge in [-0.1, -0.05) is 30.3 Å². The Kier molecular flexibility index (Phi) is 4.10. The average molecular weight is 259 g/mol. The SMILES string of the molecule is O=[N+]([O-])c1cccc(C(O)COc2ccccc2)c1. The molecule has 0 aliphatic carbocycles. The number of aliphatic hydroxyl groups is 1. The van der Waals surface area contributed by atoms with E-state index in [1.807, 2.05) is 18.2 Å². The van der Waals surface area contributed by atoms with Gasteiger partial charge >= 0.3 is 0 Å². The van der Waals surface area contributed by atoms with Crippen molar-refractivity contribution >= 4 is 5.69 Å². The number of aliphatic hydroxyl groups excluding tert-OH is 1. The van der Waals surface area contributed by atoms with E-state index in [0.717, 1.165) is 0 Å². The van der Waals surface area contributed by atoms with Crippen molar-refractivity contribution in [3.63, 3.8) is 0 Å². The van der Waals surface area contributed by atoms with Crippen molar-refractivity contribution in [1.82, 2.24) is 0 Å². The Morgan fingerprint density at radius 1 is 1.16 bits per heavy atom. The van der Waals surface area contributed by atoms with E-state index < -0.39 is 11.0 Å². The van der Waals surface area contributed by atoms with Gasteiger partial charge in [0.1, 0.15) is 18.5 Å². The molecule has 0 saturated heterocycles. The number of hydrogen-bond acceptors (Lipinski definition) is 4. The van der Waals surface area contributed by atoms with Crippen LogP contribution in [-0.2, 0) is 0 Å². The van der Waals surface area contributed by atoms with Crippen LogP contribution in [0.2, 0.25) is 0 Å². The maximum atomic E-state index is 10.6. The van der Waals surface area contributed by atoms with Gasteiger partial charge in [-0.05, 0) is 17.7 Å². The fourth-order valence-corrected chi connectivity index (χ4v) is 1.63. The minimum absolute atomic E-state index is 0.0451. The summed E-state index contributed by atoms with van der Waals surface area (Å²) in [6.45, 7) is 0.0468. The minimum atomic E-state index is -0.903. The van der Waals surface area contributed by atoms with Crippen LogP contribution in [0.25, 0.3) is 0 Å². The summed E-state index contributed by atoms with van der Waals surface area (Å²) in [7, 11) is 0. The second-order valence-electron chi connectivity index (χ2n) is 3.99. The zero-order chi connectivity index (χ0) is 13.7. The first-order valence-electron chi connectivity index (χ1n) is 5.77. The average Bonchev–Trinajstić information content (AvgIpc) is 2.46. The van der Waals surface area contributed by atoms with Gasteiger partial charge < -0.3 is 9.84 Å². The molecule has 98 valence electrons. The second kappa shape index (κ2) is 5.97. The number of nitrogens with zero attached hydrogens (tertiary/aromatic N) is 1. The molecule has 0 bridgehead atoms. The number of non-ortho nitro benzene ring substituents is 1. The third-order valence-corrected chi connectivity index (χ3v) is 2.62.